The molecule has 0 aliphatic heterocycles. The molecule has 0 N–H and O–H groups in total. The Morgan fingerprint density at radius 2 is 2.50 bits per heavy atom. The molecule has 0 aromatic carbocycles. The summed E-state index contributed by atoms with van der Waals surface area (Å²) in [6.45, 7) is 2.28. The lowest BCUT2D eigenvalue weighted by molar-refractivity contribution is 0.908. The van der Waals surface area contributed by atoms with Crippen LogP contribution in [0.5, 0.6) is 0 Å². The van der Waals surface area contributed by atoms with Crippen LogP contribution in [0.15, 0.2) is 23.8 Å². The van der Waals surface area contributed by atoms with E-state index in [1.165, 1.54) is 12.8 Å². The third-order valence-electron chi connectivity index (χ3n) is 1.80. The molecule has 0 saturated heterocycles. The fourth-order valence-electron chi connectivity index (χ4n) is 1.10. The van der Waals surface area contributed by atoms with E-state index in [9.17, 15) is 0 Å². The maximum Gasteiger partial charge on any atom is 0.00533 e. The smallest absolute Gasteiger partial charge is 0.00533 e. The van der Waals surface area contributed by atoms with Gasteiger partial charge in [-0.3, -0.25) is 0 Å². The van der Waals surface area contributed by atoms with Gasteiger partial charge in [-0.25, -0.2) is 0 Å². The maximum atomic E-state index is 2.28. The minimum Gasteiger partial charge on any atom is -0.162 e. The van der Waals surface area contributed by atoms with E-state index in [0.29, 0.717) is 0 Å². The van der Waals surface area contributed by atoms with Crippen molar-refractivity contribution in [2.24, 2.45) is 0 Å². The van der Waals surface area contributed by atoms with Gasteiger partial charge in [-0.05, 0) is 19.1 Å². The highest BCUT2D eigenvalue weighted by Gasteiger charge is 2.04. The van der Waals surface area contributed by atoms with Crippen molar-refractivity contribution in [3.8, 4) is 0 Å². The van der Waals surface area contributed by atoms with Crippen molar-refractivity contribution in [3.63, 3.8) is 0 Å². The Morgan fingerprint density at radius 3 is 3.00 bits per heavy atom. The Kier molecular flexibility index (Phi) is 3.07. The largest absolute Gasteiger partial charge is 0.162 e. The molecule has 56 valence electrons. The molecular weight excluding hydrogens is 140 g/mol. The van der Waals surface area contributed by atoms with E-state index in [2.05, 4.69) is 31.4 Å². The van der Waals surface area contributed by atoms with Gasteiger partial charge in [0, 0.05) is 5.25 Å². The van der Waals surface area contributed by atoms with Crippen molar-refractivity contribution in [1.82, 2.24) is 0 Å². The van der Waals surface area contributed by atoms with Gasteiger partial charge in [0.05, 0.1) is 0 Å². The third kappa shape index (κ3) is 2.22. The Morgan fingerprint density at radius 1 is 1.70 bits per heavy atom. The summed E-state index contributed by atoms with van der Waals surface area (Å²) in [6.07, 6.45) is 11.2. The second-order valence-electron chi connectivity index (χ2n) is 2.71. The van der Waals surface area contributed by atoms with E-state index in [4.69, 9.17) is 0 Å². The minimum atomic E-state index is 0.783. The summed E-state index contributed by atoms with van der Waals surface area (Å²) in [5, 5.41) is 0.783. The highest BCUT2D eigenvalue weighted by Crippen LogP contribution is 2.21. The van der Waals surface area contributed by atoms with Gasteiger partial charge in [-0.15, -0.1) is 0 Å². The average molecular weight is 154 g/mol. The Balaban J connectivity index is 2.26. The zero-order valence-electron chi connectivity index (χ0n) is 6.63. The van der Waals surface area contributed by atoms with Crippen LogP contribution in [0.3, 0.4) is 0 Å². The van der Waals surface area contributed by atoms with Crippen molar-refractivity contribution < 1.29 is 0 Å². The number of allylic oxidation sites excluding steroid dienone is 4. The molecule has 1 rings (SSSR count). The third-order valence-corrected chi connectivity index (χ3v) is 2.77. The van der Waals surface area contributed by atoms with Gasteiger partial charge in [-0.2, -0.15) is 11.8 Å². The van der Waals surface area contributed by atoms with E-state index in [1.807, 2.05) is 11.8 Å². The lowest BCUT2D eigenvalue weighted by Crippen LogP contribution is -1.95. The molecule has 0 radical (unpaired) electrons. The Hall–Kier alpha value is -0.170. The maximum absolute atomic E-state index is 2.28. The van der Waals surface area contributed by atoms with Crippen LogP contribution in [0.1, 0.15) is 19.8 Å². The summed E-state index contributed by atoms with van der Waals surface area (Å²) in [7, 11) is 0. The Bertz CT molecular complexity index is 156. The SMILES string of the molecule is CSC(C)CC1=CC=CC1. The number of hydrogen-bond acceptors (Lipinski definition) is 1. The Labute approximate surface area is 67.4 Å². The predicted molar refractivity (Wildman–Crippen MR) is 49.4 cm³/mol. The van der Waals surface area contributed by atoms with Crippen LogP contribution >= 0.6 is 11.8 Å². The normalized spacial score (nSPS) is 19.2. The molecule has 1 unspecified atom stereocenters. The van der Waals surface area contributed by atoms with Crippen LogP contribution in [-0.4, -0.2) is 11.5 Å². The van der Waals surface area contributed by atoms with E-state index in [0.717, 1.165) is 5.25 Å². The van der Waals surface area contributed by atoms with Crippen LogP contribution in [0.2, 0.25) is 0 Å². The lowest BCUT2D eigenvalue weighted by atomic mass is 10.1. The second kappa shape index (κ2) is 3.87. The summed E-state index contributed by atoms with van der Waals surface area (Å²) >= 11 is 1.94. The van der Waals surface area contributed by atoms with Gasteiger partial charge in [0.25, 0.3) is 0 Å². The second-order valence-corrected chi connectivity index (χ2v) is 3.98. The monoisotopic (exact) mass is 154 g/mol. The van der Waals surface area contributed by atoms with E-state index >= 15 is 0 Å². The summed E-state index contributed by atoms with van der Waals surface area (Å²) in [4.78, 5) is 0. The van der Waals surface area contributed by atoms with Gasteiger partial charge in [0.15, 0.2) is 0 Å². The van der Waals surface area contributed by atoms with E-state index in [-0.39, 0.29) is 0 Å². The fraction of sp³-hybridized carbons (Fsp3) is 0.556. The van der Waals surface area contributed by atoms with Gasteiger partial charge < -0.3 is 0 Å². The first-order chi connectivity index (χ1) is 4.83. The highest BCUT2D eigenvalue weighted by molar-refractivity contribution is 7.99. The molecule has 10 heavy (non-hydrogen) atoms. The van der Waals surface area contributed by atoms with Crippen LogP contribution in [0, 0.1) is 0 Å². The molecule has 0 heterocycles. The molecule has 0 saturated carbocycles. The molecule has 1 heteroatoms. The summed E-state index contributed by atoms with van der Waals surface area (Å²) in [6, 6.07) is 0. The first-order valence-corrected chi connectivity index (χ1v) is 4.99. The molecule has 0 fully saturated rings. The summed E-state index contributed by atoms with van der Waals surface area (Å²) in [5.74, 6) is 0. The van der Waals surface area contributed by atoms with Gasteiger partial charge in [0.2, 0.25) is 0 Å². The van der Waals surface area contributed by atoms with Crippen molar-refractivity contribution in [2.75, 3.05) is 6.26 Å². The minimum absolute atomic E-state index is 0.783. The number of thioether (sulfide) groups is 1. The fourth-order valence-corrected chi connectivity index (χ4v) is 1.48. The zero-order valence-corrected chi connectivity index (χ0v) is 7.45. The number of rotatable bonds is 3. The molecule has 1 aliphatic rings. The first-order valence-electron chi connectivity index (χ1n) is 3.70. The quantitative estimate of drug-likeness (QED) is 0.602. The summed E-state index contributed by atoms with van der Waals surface area (Å²) in [5.41, 5.74) is 1.59. The van der Waals surface area contributed by atoms with Crippen molar-refractivity contribution in [1.29, 1.82) is 0 Å². The zero-order chi connectivity index (χ0) is 7.40. The number of hydrogen-bond donors (Lipinski definition) is 0. The summed E-state index contributed by atoms with van der Waals surface area (Å²) < 4.78 is 0. The van der Waals surface area contributed by atoms with Crippen LogP contribution < -0.4 is 0 Å². The molecule has 0 nitrogen and oxygen atoms in total. The van der Waals surface area contributed by atoms with Gasteiger partial charge >= 0.3 is 0 Å². The molecule has 0 bridgehead atoms. The topological polar surface area (TPSA) is 0 Å². The molecule has 0 aromatic rings. The first kappa shape index (κ1) is 7.93. The average Bonchev–Trinajstić information content (AvgIpc) is 2.40. The van der Waals surface area contributed by atoms with Crippen molar-refractivity contribution >= 4 is 11.8 Å². The predicted octanol–water partition coefficient (Wildman–Crippen LogP) is 3.01. The molecule has 0 aromatic heterocycles. The standard InChI is InChI=1S/C9H14S/c1-8(10-2)7-9-5-3-4-6-9/h3-5,8H,6-7H2,1-2H3. The van der Waals surface area contributed by atoms with E-state index in [1.54, 1.807) is 5.57 Å². The molecule has 0 amide bonds. The van der Waals surface area contributed by atoms with Crippen LogP contribution in [0.4, 0.5) is 0 Å². The van der Waals surface area contributed by atoms with Crippen LogP contribution in [-0.2, 0) is 0 Å². The van der Waals surface area contributed by atoms with E-state index < -0.39 is 0 Å². The molecule has 1 aliphatic carbocycles. The lowest BCUT2D eigenvalue weighted by Gasteiger charge is -2.07. The van der Waals surface area contributed by atoms with Crippen molar-refractivity contribution in [2.45, 2.75) is 25.0 Å². The van der Waals surface area contributed by atoms with Crippen molar-refractivity contribution in [3.05, 3.63) is 23.8 Å². The highest BCUT2D eigenvalue weighted by atomic mass is 32.2. The van der Waals surface area contributed by atoms with Gasteiger partial charge in [0.1, 0.15) is 0 Å². The molecule has 1 atom stereocenters. The molecular formula is C9H14S. The molecule has 0 spiro atoms. The van der Waals surface area contributed by atoms with Crippen LogP contribution in [0.25, 0.3) is 0 Å². The van der Waals surface area contributed by atoms with Gasteiger partial charge in [-0.1, -0.05) is 30.7 Å².